The molecule has 0 spiro atoms. The molecule has 20 heavy (non-hydrogen) atoms. The van der Waals surface area contributed by atoms with Crippen LogP contribution in [0, 0.1) is 5.92 Å². The van der Waals surface area contributed by atoms with Crippen molar-refractivity contribution in [3.05, 3.63) is 42.5 Å². The van der Waals surface area contributed by atoms with Crippen molar-refractivity contribution in [1.82, 2.24) is 4.72 Å². The molecular formula is C15H16ClNO2S. The Hall–Kier alpha value is -1.10. The van der Waals surface area contributed by atoms with Crippen LogP contribution in [0.1, 0.15) is 12.8 Å². The fourth-order valence-corrected chi connectivity index (χ4v) is 4.40. The molecule has 0 bridgehead atoms. The molecule has 106 valence electrons. The predicted molar refractivity (Wildman–Crippen MR) is 81.5 cm³/mol. The van der Waals surface area contributed by atoms with Gasteiger partial charge in [0.1, 0.15) is 0 Å². The van der Waals surface area contributed by atoms with E-state index in [9.17, 15) is 8.42 Å². The van der Waals surface area contributed by atoms with Gasteiger partial charge in [0, 0.05) is 17.3 Å². The Kier molecular flexibility index (Phi) is 3.71. The molecule has 0 aliphatic heterocycles. The Bertz CT molecular complexity index is 718. The van der Waals surface area contributed by atoms with Gasteiger partial charge < -0.3 is 0 Å². The normalized spacial score (nSPS) is 22.6. The van der Waals surface area contributed by atoms with Crippen molar-refractivity contribution in [1.29, 1.82) is 0 Å². The fraction of sp³-hybridized carbons (Fsp3) is 0.333. The predicted octanol–water partition coefficient (Wildman–Crippen LogP) is 3.14. The van der Waals surface area contributed by atoms with Gasteiger partial charge in [-0.25, -0.2) is 13.1 Å². The molecule has 1 saturated carbocycles. The number of alkyl halides is 1. The van der Waals surface area contributed by atoms with Gasteiger partial charge in [0.25, 0.3) is 0 Å². The van der Waals surface area contributed by atoms with Crippen LogP contribution in [-0.4, -0.2) is 20.3 Å². The van der Waals surface area contributed by atoms with E-state index in [4.69, 9.17) is 11.6 Å². The van der Waals surface area contributed by atoms with E-state index < -0.39 is 10.0 Å². The number of nitrogens with one attached hydrogen (secondary N) is 1. The summed E-state index contributed by atoms with van der Waals surface area (Å²) >= 11 is 5.91. The van der Waals surface area contributed by atoms with Gasteiger partial charge in [0.2, 0.25) is 10.0 Å². The average molecular weight is 310 g/mol. The lowest BCUT2D eigenvalue weighted by Gasteiger charge is -2.30. The Morgan fingerprint density at radius 3 is 2.55 bits per heavy atom. The van der Waals surface area contributed by atoms with Crippen molar-refractivity contribution >= 4 is 32.4 Å². The van der Waals surface area contributed by atoms with Crippen LogP contribution < -0.4 is 4.72 Å². The minimum absolute atomic E-state index is 0.210. The van der Waals surface area contributed by atoms with Crippen LogP contribution in [0.25, 0.3) is 10.8 Å². The van der Waals surface area contributed by atoms with Crippen molar-refractivity contribution in [3.8, 4) is 0 Å². The molecule has 0 aromatic heterocycles. The van der Waals surface area contributed by atoms with E-state index in [-0.39, 0.29) is 5.38 Å². The molecule has 2 aromatic carbocycles. The number of rotatable bonds is 4. The summed E-state index contributed by atoms with van der Waals surface area (Å²) in [6.45, 7) is 0.467. The van der Waals surface area contributed by atoms with Crippen molar-refractivity contribution in [2.75, 3.05) is 6.54 Å². The molecule has 0 saturated heterocycles. The number of halogens is 1. The SMILES string of the molecule is O=S(=O)(NCC1CC(Cl)C1)c1cccc2ccccc12. The maximum atomic E-state index is 12.4. The number of hydrogen-bond acceptors (Lipinski definition) is 2. The standard InChI is InChI=1S/C15H16ClNO2S/c16-13-8-11(9-13)10-17-20(18,19)15-7-3-5-12-4-1-2-6-14(12)15/h1-7,11,13,17H,8-10H2. The summed E-state index contributed by atoms with van der Waals surface area (Å²) in [6.07, 6.45) is 1.78. The molecule has 0 amide bonds. The zero-order chi connectivity index (χ0) is 14.2. The molecule has 0 radical (unpaired) electrons. The Labute approximate surface area is 124 Å². The molecule has 1 fully saturated rings. The van der Waals surface area contributed by atoms with E-state index in [1.807, 2.05) is 30.3 Å². The number of fused-ring (bicyclic) bond motifs is 1. The highest BCUT2D eigenvalue weighted by Crippen LogP contribution is 2.31. The zero-order valence-corrected chi connectivity index (χ0v) is 12.5. The molecular weight excluding hydrogens is 294 g/mol. The van der Waals surface area contributed by atoms with E-state index in [2.05, 4.69) is 4.72 Å². The fourth-order valence-electron chi connectivity index (χ4n) is 2.56. The first-order chi connectivity index (χ1) is 9.56. The monoisotopic (exact) mass is 309 g/mol. The van der Waals surface area contributed by atoms with Crippen LogP contribution in [0.2, 0.25) is 0 Å². The maximum absolute atomic E-state index is 12.4. The first kappa shape index (κ1) is 13.9. The summed E-state index contributed by atoms with van der Waals surface area (Å²) in [5.41, 5.74) is 0. The van der Waals surface area contributed by atoms with Gasteiger partial charge in [0.15, 0.2) is 0 Å². The van der Waals surface area contributed by atoms with Crippen LogP contribution >= 0.6 is 11.6 Å². The van der Waals surface area contributed by atoms with Gasteiger partial charge in [-0.15, -0.1) is 11.6 Å². The van der Waals surface area contributed by atoms with Crippen molar-refractivity contribution < 1.29 is 8.42 Å². The molecule has 0 heterocycles. The molecule has 5 heteroatoms. The highest BCUT2D eigenvalue weighted by molar-refractivity contribution is 7.89. The van der Waals surface area contributed by atoms with E-state index in [0.717, 1.165) is 23.6 Å². The van der Waals surface area contributed by atoms with Crippen LogP contribution in [-0.2, 0) is 10.0 Å². The van der Waals surface area contributed by atoms with E-state index >= 15 is 0 Å². The summed E-state index contributed by atoms with van der Waals surface area (Å²) in [5, 5.41) is 1.90. The van der Waals surface area contributed by atoms with Gasteiger partial charge in [-0.05, 0) is 30.2 Å². The van der Waals surface area contributed by atoms with Crippen molar-refractivity contribution in [3.63, 3.8) is 0 Å². The van der Waals surface area contributed by atoms with E-state index in [0.29, 0.717) is 17.4 Å². The second kappa shape index (κ2) is 5.35. The van der Waals surface area contributed by atoms with Crippen LogP contribution in [0.4, 0.5) is 0 Å². The molecule has 1 aliphatic rings. The highest BCUT2D eigenvalue weighted by Gasteiger charge is 2.28. The summed E-state index contributed by atoms with van der Waals surface area (Å²) < 4.78 is 27.6. The third kappa shape index (κ3) is 2.68. The number of benzene rings is 2. The third-order valence-corrected chi connectivity index (χ3v) is 5.62. The largest absolute Gasteiger partial charge is 0.241 e. The third-order valence-electron chi connectivity index (χ3n) is 3.78. The van der Waals surface area contributed by atoms with E-state index in [1.54, 1.807) is 12.1 Å². The maximum Gasteiger partial charge on any atom is 0.241 e. The Morgan fingerprint density at radius 1 is 1.10 bits per heavy atom. The molecule has 3 nitrogen and oxygen atoms in total. The van der Waals surface area contributed by atoms with Crippen LogP contribution in [0.3, 0.4) is 0 Å². The summed E-state index contributed by atoms with van der Waals surface area (Å²) in [5.74, 6) is 0.363. The highest BCUT2D eigenvalue weighted by atomic mass is 35.5. The van der Waals surface area contributed by atoms with Gasteiger partial charge >= 0.3 is 0 Å². The second-order valence-electron chi connectivity index (χ2n) is 5.26. The van der Waals surface area contributed by atoms with Crippen LogP contribution in [0.15, 0.2) is 47.4 Å². The number of hydrogen-bond donors (Lipinski definition) is 1. The van der Waals surface area contributed by atoms with Gasteiger partial charge in [-0.3, -0.25) is 0 Å². The molecule has 1 N–H and O–H groups in total. The smallest absolute Gasteiger partial charge is 0.211 e. The lowest BCUT2D eigenvalue weighted by atomic mass is 9.85. The summed E-state index contributed by atoms with van der Waals surface area (Å²) in [7, 11) is -3.47. The first-order valence-corrected chi connectivity index (χ1v) is 8.60. The topological polar surface area (TPSA) is 46.2 Å². The molecule has 3 rings (SSSR count). The summed E-state index contributed by atoms with van der Waals surface area (Å²) in [4.78, 5) is 0.345. The summed E-state index contributed by atoms with van der Waals surface area (Å²) in [6, 6.07) is 12.8. The molecule has 1 aliphatic carbocycles. The van der Waals surface area contributed by atoms with E-state index in [1.165, 1.54) is 0 Å². The van der Waals surface area contributed by atoms with Gasteiger partial charge in [0.05, 0.1) is 4.90 Å². The molecule has 0 atom stereocenters. The second-order valence-corrected chi connectivity index (χ2v) is 7.62. The minimum atomic E-state index is -3.47. The molecule has 2 aromatic rings. The van der Waals surface area contributed by atoms with Crippen LogP contribution in [0.5, 0.6) is 0 Å². The lowest BCUT2D eigenvalue weighted by Crippen LogP contribution is -2.36. The minimum Gasteiger partial charge on any atom is -0.211 e. The van der Waals surface area contributed by atoms with Gasteiger partial charge in [-0.2, -0.15) is 0 Å². The Morgan fingerprint density at radius 2 is 1.80 bits per heavy atom. The van der Waals surface area contributed by atoms with Crippen molar-refractivity contribution in [2.45, 2.75) is 23.1 Å². The first-order valence-electron chi connectivity index (χ1n) is 6.68. The zero-order valence-electron chi connectivity index (χ0n) is 10.9. The lowest BCUT2D eigenvalue weighted by molar-refractivity contribution is 0.324. The average Bonchev–Trinajstić information content (AvgIpc) is 2.42. The Balaban J connectivity index is 1.85. The van der Waals surface area contributed by atoms with Gasteiger partial charge in [-0.1, -0.05) is 36.4 Å². The molecule has 0 unspecified atom stereocenters. The van der Waals surface area contributed by atoms with Crippen molar-refractivity contribution in [2.24, 2.45) is 5.92 Å². The number of sulfonamides is 1. The quantitative estimate of drug-likeness (QED) is 0.882.